The predicted molar refractivity (Wildman–Crippen MR) is 125 cm³/mol. The molecule has 0 amide bonds. The minimum atomic E-state index is -4.64. The molecule has 6 nitrogen and oxygen atoms in total. The topological polar surface area (TPSA) is 115 Å². The van der Waals surface area contributed by atoms with Crippen molar-refractivity contribution in [3.05, 3.63) is 0 Å². The molecule has 10 heteroatoms. The number of hydrogen-bond donors (Lipinski definition) is 4. The smallest absolute Gasteiger partial charge is 1.00 e. The zero-order chi connectivity index (χ0) is 19.4. The van der Waals surface area contributed by atoms with Crippen LogP contribution in [0.4, 0.5) is 0 Å². The molecule has 0 aliphatic carbocycles. The minimum absolute atomic E-state index is 0. The van der Waals surface area contributed by atoms with Crippen LogP contribution in [0, 0.1) is 0 Å². The first-order valence-electron chi connectivity index (χ1n) is 9.77. The molecule has 0 heterocycles. The van der Waals surface area contributed by atoms with Gasteiger partial charge in [-0.15, -0.1) is 0 Å². The fraction of sp³-hybridized carbons (Fsp3) is 0.944. The van der Waals surface area contributed by atoms with Crippen molar-refractivity contribution in [2.45, 2.75) is 110 Å². The Balaban J connectivity index is -0.0000000382. The average molecular weight is 493 g/mol. The molecule has 0 aromatic heterocycles. The zero-order valence-electron chi connectivity index (χ0n) is 24.0. The van der Waals surface area contributed by atoms with Crippen LogP contribution in [0.3, 0.4) is 0 Å². The van der Waals surface area contributed by atoms with Gasteiger partial charge in [-0.1, -0.05) is 96.8 Å². The molecule has 0 aliphatic heterocycles. The van der Waals surface area contributed by atoms with E-state index in [0.29, 0.717) is 6.42 Å². The average Bonchev–Trinajstić information content (AvgIpc) is 2.49. The van der Waals surface area contributed by atoms with Crippen molar-refractivity contribution in [3.63, 3.8) is 0 Å². The Morgan fingerprint density at radius 1 is 0.679 bits per heavy atom. The maximum atomic E-state index is 10.3. The number of phosphoric acid groups is 1. The molecule has 0 aromatic rings. The Morgan fingerprint density at radius 2 is 0.893 bits per heavy atom. The number of aliphatic carboxylic acids is 1. The molecule has 0 saturated carbocycles. The van der Waals surface area contributed by atoms with Gasteiger partial charge in [0.1, 0.15) is 0 Å². The second-order valence-electron chi connectivity index (χ2n) is 6.61. The van der Waals surface area contributed by atoms with Crippen molar-refractivity contribution in [2.75, 3.05) is 0 Å². The maximum Gasteiger partial charge on any atom is 2.00 e. The number of unbranched alkanes of at least 4 members (excludes halogenated alkanes) is 14. The molecule has 0 spiro atoms. The van der Waals surface area contributed by atoms with Gasteiger partial charge in [0, 0.05) is 6.42 Å². The zero-order valence-corrected chi connectivity index (χ0v) is 24.7. The molecule has 0 aromatic carbocycles. The first-order chi connectivity index (χ1) is 11.8. The second-order valence-corrected chi connectivity index (χ2v) is 7.63. The SMILES string of the molecule is CCCCCCCCCCCCCCCCCC(=O)O.O=P(O)(O)O.[Ca+2].[Ca+2].[H-].[H-].[H-].[H-].[H-].[H-].[Mg+2]. The third-order valence-electron chi connectivity index (χ3n) is 3.99. The van der Waals surface area contributed by atoms with Crippen LogP contribution in [-0.2, 0) is 9.36 Å². The Labute approximate surface area is 256 Å². The standard InChI is InChI=1S/C18H36O2.2Ca.Mg.H3O4P.6H/c1-2-3-4-5-6-7-8-9-10-11-12-13-14-15-16-17-18(19)20;;;;1-5(2,3)4;;;;;;/h2-17H2,1H3,(H,19,20);;;;(H3,1,2,3,4);;;;;;/q;3*+2;;6*-1. The summed E-state index contributed by atoms with van der Waals surface area (Å²) >= 11 is 0. The van der Waals surface area contributed by atoms with Crippen molar-refractivity contribution < 1.29 is 37.7 Å². The van der Waals surface area contributed by atoms with Crippen LogP contribution in [0.5, 0.6) is 0 Å². The molecule has 0 saturated heterocycles. The number of carboxylic acids is 1. The van der Waals surface area contributed by atoms with E-state index in [0.717, 1.165) is 12.8 Å². The van der Waals surface area contributed by atoms with Crippen LogP contribution >= 0.6 is 7.82 Å². The Hall–Kier alpha value is 2.87. The summed E-state index contributed by atoms with van der Waals surface area (Å²) in [6.45, 7) is 2.27. The van der Waals surface area contributed by atoms with Gasteiger partial charge in [0.15, 0.2) is 0 Å². The van der Waals surface area contributed by atoms with E-state index in [1.165, 1.54) is 83.5 Å². The Bertz CT molecular complexity index is 361. The summed E-state index contributed by atoms with van der Waals surface area (Å²) in [5.74, 6) is -0.653. The normalized spacial score (nSPS) is 9.86. The molecule has 0 unspecified atom stereocenters. The summed E-state index contributed by atoms with van der Waals surface area (Å²) in [6.07, 6.45) is 20.2. The third kappa shape index (κ3) is 56.8. The number of hydrogen-bond acceptors (Lipinski definition) is 2. The van der Waals surface area contributed by atoms with E-state index in [1.807, 2.05) is 0 Å². The van der Waals surface area contributed by atoms with Crippen LogP contribution in [0.25, 0.3) is 0 Å². The van der Waals surface area contributed by atoms with Gasteiger partial charge < -0.3 is 28.3 Å². The van der Waals surface area contributed by atoms with Gasteiger partial charge in [0.25, 0.3) is 0 Å². The second kappa shape index (κ2) is 32.0. The van der Waals surface area contributed by atoms with E-state index in [2.05, 4.69) is 6.92 Å². The molecule has 0 fully saturated rings. The van der Waals surface area contributed by atoms with Gasteiger partial charge in [0.2, 0.25) is 0 Å². The summed E-state index contributed by atoms with van der Waals surface area (Å²) in [7, 11) is -4.64. The molecule has 28 heavy (non-hydrogen) atoms. The minimum Gasteiger partial charge on any atom is -1.00 e. The fourth-order valence-corrected chi connectivity index (χ4v) is 2.65. The number of rotatable bonds is 16. The summed E-state index contributed by atoms with van der Waals surface area (Å²) < 4.78 is 8.88. The number of carbonyl (C=O) groups is 1. The van der Waals surface area contributed by atoms with Crippen LogP contribution in [-0.4, -0.2) is 124 Å². The summed E-state index contributed by atoms with van der Waals surface area (Å²) in [6, 6.07) is 0. The first kappa shape index (κ1) is 41.2. The van der Waals surface area contributed by atoms with E-state index in [4.69, 9.17) is 24.4 Å². The molecular weight excluding hydrogens is 448 g/mol. The Kier molecular flexibility index (Phi) is 47.1. The maximum absolute atomic E-state index is 10.3. The van der Waals surface area contributed by atoms with Crippen molar-refractivity contribution in [1.29, 1.82) is 0 Å². The first-order valence-corrected chi connectivity index (χ1v) is 11.3. The van der Waals surface area contributed by atoms with Crippen molar-refractivity contribution in [3.8, 4) is 0 Å². The molecular formula is C18H45Ca2MgO6P. The van der Waals surface area contributed by atoms with E-state index < -0.39 is 13.8 Å². The van der Waals surface area contributed by atoms with Crippen molar-refractivity contribution in [1.82, 2.24) is 0 Å². The number of carboxylic acid groups (broad SMARTS) is 1. The molecule has 0 radical (unpaired) electrons. The molecule has 0 bridgehead atoms. The predicted octanol–water partition coefficient (Wildman–Crippen LogP) is 4.94. The van der Waals surface area contributed by atoms with Crippen LogP contribution in [0.1, 0.15) is 118 Å². The van der Waals surface area contributed by atoms with Crippen molar-refractivity contribution >= 4 is 112 Å². The largest absolute Gasteiger partial charge is 2.00 e. The Morgan fingerprint density at radius 3 is 1.11 bits per heavy atom. The van der Waals surface area contributed by atoms with E-state index in [9.17, 15) is 4.79 Å². The van der Waals surface area contributed by atoms with E-state index >= 15 is 0 Å². The van der Waals surface area contributed by atoms with E-state index in [-0.39, 0.29) is 107 Å². The molecule has 164 valence electrons. The van der Waals surface area contributed by atoms with Crippen LogP contribution in [0.2, 0.25) is 0 Å². The van der Waals surface area contributed by atoms with Gasteiger partial charge in [-0.3, -0.25) is 4.79 Å². The molecule has 0 aliphatic rings. The van der Waals surface area contributed by atoms with Crippen LogP contribution < -0.4 is 0 Å². The quantitative estimate of drug-likeness (QED) is 0.138. The molecule has 0 rings (SSSR count). The summed E-state index contributed by atoms with van der Waals surface area (Å²) in [4.78, 5) is 31.9. The van der Waals surface area contributed by atoms with Gasteiger partial charge in [-0.25, -0.2) is 4.57 Å². The monoisotopic (exact) mass is 492 g/mol. The van der Waals surface area contributed by atoms with Crippen LogP contribution in [0.15, 0.2) is 0 Å². The fourth-order valence-electron chi connectivity index (χ4n) is 2.65. The summed E-state index contributed by atoms with van der Waals surface area (Å²) in [5, 5.41) is 8.52. The van der Waals surface area contributed by atoms with Gasteiger partial charge in [-0.05, 0) is 6.42 Å². The molecule has 4 N–H and O–H groups in total. The third-order valence-corrected chi connectivity index (χ3v) is 3.99. The van der Waals surface area contributed by atoms with Gasteiger partial charge in [0.05, 0.1) is 0 Å². The summed E-state index contributed by atoms with van der Waals surface area (Å²) in [5.41, 5.74) is 0. The van der Waals surface area contributed by atoms with Gasteiger partial charge in [-0.2, -0.15) is 0 Å². The van der Waals surface area contributed by atoms with Gasteiger partial charge >= 0.3 is 112 Å². The van der Waals surface area contributed by atoms with Crippen molar-refractivity contribution in [2.24, 2.45) is 0 Å². The molecule has 0 atom stereocenters. The van der Waals surface area contributed by atoms with E-state index in [1.54, 1.807) is 0 Å².